The molecule has 0 aliphatic carbocycles. The van der Waals surface area contributed by atoms with Gasteiger partial charge in [-0.2, -0.15) is 0 Å². The van der Waals surface area contributed by atoms with Crippen LogP contribution in [0, 0.1) is 6.57 Å². The normalized spacial score (nSPS) is 12.0. The van der Waals surface area contributed by atoms with Crippen LogP contribution < -0.4 is 0 Å². The second kappa shape index (κ2) is 17.2. The molecule has 0 saturated heterocycles. The van der Waals surface area contributed by atoms with E-state index in [1.165, 1.54) is 32.7 Å². The third kappa shape index (κ3) is 7.62. The minimum atomic E-state index is -0.0430. The molecule has 0 radical (unpaired) electrons. The average Bonchev–Trinajstić information content (AvgIpc) is 3.92. The summed E-state index contributed by atoms with van der Waals surface area (Å²) in [6.07, 6.45) is 0. The molecule has 3 heterocycles. The fourth-order valence-electron chi connectivity index (χ4n) is 10.4. The molecule has 0 N–H and O–H groups in total. The summed E-state index contributed by atoms with van der Waals surface area (Å²) in [6.45, 7) is 21.9. The van der Waals surface area contributed by atoms with E-state index >= 15 is 0 Å². The minimum absolute atomic E-state index is 0.0254. The van der Waals surface area contributed by atoms with Crippen LogP contribution in [0.15, 0.2) is 206 Å². The number of benzene rings is 9. The Morgan fingerprint density at radius 1 is 0.361 bits per heavy atom. The van der Waals surface area contributed by atoms with Gasteiger partial charge in [0.25, 0.3) is 0 Å². The molecule has 0 bridgehead atoms. The average molecular weight is 929 g/mol. The summed E-state index contributed by atoms with van der Waals surface area (Å²) in [5.74, 6) is 1.73. The number of hydrogen-bond donors (Lipinski definition) is 0. The third-order valence-electron chi connectivity index (χ3n) is 14.1. The Kier molecular flexibility index (Phi) is 10.6. The Hall–Kier alpha value is -8.92. The summed E-state index contributed by atoms with van der Waals surface area (Å²) in [4.78, 5) is 19.9. The molecule has 346 valence electrons. The Balaban J connectivity index is 1.22. The van der Waals surface area contributed by atoms with Gasteiger partial charge in [-0.15, -0.1) is 0 Å². The van der Waals surface area contributed by atoms with E-state index in [9.17, 15) is 0 Å². The van der Waals surface area contributed by atoms with Crippen LogP contribution in [-0.4, -0.2) is 24.1 Å². The molecule has 3 aromatic heterocycles. The molecule has 0 unspecified atom stereocenters. The highest BCUT2D eigenvalue weighted by atomic mass is 15.0. The van der Waals surface area contributed by atoms with Crippen molar-refractivity contribution in [3.05, 3.63) is 229 Å². The lowest BCUT2D eigenvalue weighted by molar-refractivity contribution is 0.591. The predicted molar refractivity (Wildman–Crippen MR) is 299 cm³/mol. The van der Waals surface area contributed by atoms with Gasteiger partial charge in [-0.25, -0.2) is 19.8 Å². The number of rotatable bonds is 7. The summed E-state index contributed by atoms with van der Waals surface area (Å²) < 4.78 is 4.81. The van der Waals surface area contributed by atoms with Gasteiger partial charge in [-0.1, -0.05) is 181 Å². The molecular formula is C66H52N6. The van der Waals surface area contributed by atoms with Crippen molar-refractivity contribution in [2.24, 2.45) is 0 Å². The van der Waals surface area contributed by atoms with E-state index in [0.29, 0.717) is 23.2 Å². The van der Waals surface area contributed by atoms with Crippen LogP contribution in [0.25, 0.3) is 116 Å². The largest absolute Gasteiger partial charge is 0.309 e. The summed E-state index contributed by atoms with van der Waals surface area (Å²) in [6, 6.07) is 72.9. The van der Waals surface area contributed by atoms with Crippen molar-refractivity contribution in [1.29, 1.82) is 0 Å². The van der Waals surface area contributed by atoms with Crippen LogP contribution in [0.3, 0.4) is 0 Å². The molecule has 0 saturated carbocycles. The van der Waals surface area contributed by atoms with Gasteiger partial charge < -0.3 is 9.13 Å². The number of para-hydroxylation sites is 3. The van der Waals surface area contributed by atoms with Gasteiger partial charge >= 0.3 is 0 Å². The lowest BCUT2D eigenvalue weighted by atomic mass is 9.86. The van der Waals surface area contributed by atoms with Crippen molar-refractivity contribution in [2.45, 2.75) is 52.4 Å². The van der Waals surface area contributed by atoms with Crippen LogP contribution in [0.5, 0.6) is 0 Å². The van der Waals surface area contributed by atoms with Gasteiger partial charge in [0.2, 0.25) is 0 Å². The number of aromatic nitrogens is 5. The van der Waals surface area contributed by atoms with Crippen LogP contribution >= 0.6 is 0 Å². The molecule has 12 aromatic rings. The molecule has 0 atom stereocenters. The quantitative estimate of drug-likeness (QED) is 0.150. The van der Waals surface area contributed by atoms with Gasteiger partial charge in [-0.05, 0) is 105 Å². The summed E-state index contributed by atoms with van der Waals surface area (Å²) in [5.41, 5.74) is 15.9. The van der Waals surface area contributed by atoms with Crippen LogP contribution in [-0.2, 0) is 10.8 Å². The Labute approximate surface area is 420 Å². The fourth-order valence-corrected chi connectivity index (χ4v) is 10.4. The highest BCUT2D eigenvalue weighted by molar-refractivity contribution is 6.11. The predicted octanol–water partition coefficient (Wildman–Crippen LogP) is 17.5. The molecule has 0 aliphatic heterocycles. The molecule has 9 aromatic carbocycles. The van der Waals surface area contributed by atoms with Crippen molar-refractivity contribution in [3.8, 4) is 67.8 Å². The SMILES string of the molecule is [C-]#[N+]c1ccccc1-c1ccc(-n2c3ccccc3c3cc(C(C)(C)C)ccc32)c(-c2cc(-n3c4ccccc4c4cc(C(C)(C)C)ccc43)ccc2-c2nc(-c3ccccc3)nc(-c3ccccc3)n2)c1. The van der Waals surface area contributed by atoms with Gasteiger partial charge in [0.05, 0.1) is 34.3 Å². The highest BCUT2D eigenvalue weighted by Crippen LogP contribution is 2.45. The maximum Gasteiger partial charge on any atom is 0.194 e. The first-order valence-corrected chi connectivity index (χ1v) is 24.6. The molecule has 6 nitrogen and oxygen atoms in total. The Morgan fingerprint density at radius 3 is 1.44 bits per heavy atom. The van der Waals surface area contributed by atoms with Crippen molar-refractivity contribution in [1.82, 2.24) is 24.1 Å². The molecule has 72 heavy (non-hydrogen) atoms. The van der Waals surface area contributed by atoms with Crippen molar-refractivity contribution >= 4 is 49.3 Å². The Morgan fingerprint density at radius 2 is 0.861 bits per heavy atom. The first kappa shape index (κ1) is 44.3. The van der Waals surface area contributed by atoms with Gasteiger partial charge in [0, 0.05) is 49.5 Å². The fraction of sp³-hybridized carbons (Fsp3) is 0.121. The zero-order valence-corrected chi connectivity index (χ0v) is 41.3. The van der Waals surface area contributed by atoms with E-state index in [2.05, 4.69) is 201 Å². The van der Waals surface area contributed by atoms with E-state index in [1.807, 2.05) is 60.7 Å². The maximum absolute atomic E-state index is 8.26. The van der Waals surface area contributed by atoms with Crippen molar-refractivity contribution in [3.63, 3.8) is 0 Å². The van der Waals surface area contributed by atoms with Crippen LogP contribution in [0.2, 0.25) is 0 Å². The number of nitrogens with zero attached hydrogens (tertiary/aromatic N) is 6. The second-order valence-corrected chi connectivity index (χ2v) is 20.8. The first-order chi connectivity index (χ1) is 34.9. The zero-order chi connectivity index (χ0) is 49.3. The molecule has 6 heteroatoms. The zero-order valence-electron chi connectivity index (χ0n) is 41.3. The maximum atomic E-state index is 8.26. The van der Waals surface area contributed by atoms with E-state index in [0.717, 1.165) is 72.4 Å². The first-order valence-electron chi connectivity index (χ1n) is 24.6. The van der Waals surface area contributed by atoms with Crippen molar-refractivity contribution < 1.29 is 0 Å². The van der Waals surface area contributed by atoms with E-state index in [-0.39, 0.29) is 10.8 Å². The number of fused-ring (bicyclic) bond motifs is 6. The molecule has 12 rings (SSSR count). The van der Waals surface area contributed by atoms with Gasteiger partial charge in [0.1, 0.15) is 0 Å². The van der Waals surface area contributed by atoms with Crippen LogP contribution in [0.4, 0.5) is 5.69 Å². The lowest BCUT2D eigenvalue weighted by Gasteiger charge is -2.21. The second-order valence-electron chi connectivity index (χ2n) is 20.8. The smallest absolute Gasteiger partial charge is 0.194 e. The molecular weight excluding hydrogens is 877 g/mol. The molecule has 0 spiro atoms. The summed E-state index contributed by atoms with van der Waals surface area (Å²) in [5, 5.41) is 4.77. The summed E-state index contributed by atoms with van der Waals surface area (Å²) in [7, 11) is 0. The van der Waals surface area contributed by atoms with E-state index < -0.39 is 0 Å². The lowest BCUT2D eigenvalue weighted by Crippen LogP contribution is -2.10. The minimum Gasteiger partial charge on any atom is -0.309 e. The third-order valence-corrected chi connectivity index (χ3v) is 14.1. The standard InChI is InChI=1S/C66H52N6/c1-65(2,3)45-31-36-59-54(39-45)49-25-15-18-28-57(49)71(59)47-33-34-51(64-69-62(42-20-10-8-11-21-42)68-63(70-64)43-22-12-9-13-23-43)52(41-47)53-38-44(48-24-14-17-27-56(48)67-7)30-35-60(53)72-58-29-19-16-26-50(58)55-40-46(66(4,5)6)32-37-61(55)72/h8-41H,1-6H3. The topological polar surface area (TPSA) is 52.9 Å². The van der Waals surface area contributed by atoms with E-state index in [1.54, 1.807) is 0 Å². The van der Waals surface area contributed by atoms with Crippen molar-refractivity contribution in [2.75, 3.05) is 0 Å². The Bertz CT molecular complexity index is 4060. The monoisotopic (exact) mass is 928 g/mol. The number of hydrogen-bond acceptors (Lipinski definition) is 3. The highest BCUT2D eigenvalue weighted by Gasteiger charge is 2.25. The molecule has 0 aliphatic rings. The molecule has 0 amide bonds. The summed E-state index contributed by atoms with van der Waals surface area (Å²) >= 11 is 0. The van der Waals surface area contributed by atoms with E-state index in [4.69, 9.17) is 21.5 Å². The molecule has 0 fully saturated rings. The van der Waals surface area contributed by atoms with Gasteiger partial charge in [-0.3, -0.25) is 0 Å². The van der Waals surface area contributed by atoms with Crippen LogP contribution in [0.1, 0.15) is 52.7 Å². The van der Waals surface area contributed by atoms with Gasteiger partial charge in [0.15, 0.2) is 23.2 Å².